The Hall–Kier alpha value is -1.64. The number of alkyl halides is 5. The maximum absolute atomic E-state index is 13.8. The van der Waals surface area contributed by atoms with Crippen molar-refractivity contribution in [3.63, 3.8) is 0 Å². The highest BCUT2D eigenvalue weighted by Gasteiger charge is 2.62. The van der Waals surface area contributed by atoms with E-state index in [1.165, 1.54) is 7.11 Å². The topological polar surface area (TPSA) is 30.5 Å². The number of hydrogen-bond acceptors (Lipinski definition) is 3. The third-order valence-electron chi connectivity index (χ3n) is 2.84. The predicted molar refractivity (Wildman–Crippen MR) is 62.3 cm³/mol. The predicted octanol–water partition coefficient (Wildman–Crippen LogP) is 3.30. The van der Waals surface area contributed by atoms with Crippen LogP contribution in [0.25, 0.3) is 0 Å². The molecule has 0 bridgehead atoms. The summed E-state index contributed by atoms with van der Waals surface area (Å²) >= 11 is 0. The zero-order chi connectivity index (χ0) is 16.4. The number of benzene rings is 1. The van der Waals surface area contributed by atoms with Crippen LogP contribution < -0.4 is 14.8 Å². The number of nitrogens with one attached hydrogen (secondary N) is 1. The van der Waals surface area contributed by atoms with E-state index in [2.05, 4.69) is 0 Å². The Balaban J connectivity index is 3.42. The van der Waals surface area contributed by atoms with Gasteiger partial charge in [0, 0.05) is 11.6 Å². The van der Waals surface area contributed by atoms with Gasteiger partial charge in [0.2, 0.25) is 0 Å². The van der Waals surface area contributed by atoms with Crippen LogP contribution in [0.5, 0.6) is 11.5 Å². The molecule has 0 aliphatic carbocycles. The summed E-state index contributed by atoms with van der Waals surface area (Å²) in [5, 5.41) is 1.79. The molecule has 3 nitrogen and oxygen atoms in total. The number of halogens is 6. The second-order valence-corrected chi connectivity index (χ2v) is 4.07. The lowest BCUT2D eigenvalue weighted by atomic mass is 9.99. The van der Waals surface area contributed by atoms with Crippen molar-refractivity contribution < 1.29 is 35.8 Å². The van der Waals surface area contributed by atoms with Crippen molar-refractivity contribution in [3.05, 3.63) is 23.5 Å². The first-order valence-corrected chi connectivity index (χ1v) is 5.63. The van der Waals surface area contributed by atoms with Gasteiger partial charge in [-0.3, -0.25) is 0 Å². The number of methoxy groups -OCH3 is 2. The van der Waals surface area contributed by atoms with Crippen molar-refractivity contribution in [2.24, 2.45) is 0 Å². The normalized spacial score (nSPS) is 14.0. The van der Waals surface area contributed by atoms with Gasteiger partial charge in [-0.2, -0.15) is 22.0 Å². The fraction of sp³-hybridized carbons (Fsp3) is 0.500. The van der Waals surface area contributed by atoms with Gasteiger partial charge in [-0.05, 0) is 13.1 Å². The molecule has 9 heteroatoms. The zero-order valence-electron chi connectivity index (χ0n) is 11.3. The summed E-state index contributed by atoms with van der Waals surface area (Å²) in [6.07, 6.45) is -5.83. The Morgan fingerprint density at radius 2 is 1.48 bits per heavy atom. The van der Waals surface area contributed by atoms with Crippen LogP contribution in [0.15, 0.2) is 12.1 Å². The summed E-state index contributed by atoms with van der Waals surface area (Å²) in [7, 11) is 3.20. The molecule has 0 saturated carbocycles. The van der Waals surface area contributed by atoms with Gasteiger partial charge in [0.15, 0.2) is 11.5 Å². The summed E-state index contributed by atoms with van der Waals surface area (Å²) in [6, 6.07) is -1.17. The molecule has 1 rings (SSSR count). The molecule has 0 heterocycles. The van der Waals surface area contributed by atoms with Crippen molar-refractivity contribution in [1.29, 1.82) is 0 Å². The van der Waals surface area contributed by atoms with Crippen LogP contribution >= 0.6 is 0 Å². The van der Waals surface area contributed by atoms with E-state index in [9.17, 15) is 26.3 Å². The van der Waals surface area contributed by atoms with Crippen molar-refractivity contribution in [3.8, 4) is 11.5 Å². The first-order chi connectivity index (χ1) is 9.60. The number of hydrogen-bond donors (Lipinski definition) is 1. The maximum atomic E-state index is 13.8. The second-order valence-electron chi connectivity index (χ2n) is 4.07. The van der Waals surface area contributed by atoms with Crippen LogP contribution in [0.3, 0.4) is 0 Å². The molecule has 0 fully saturated rings. The smallest absolute Gasteiger partial charge is 0.455 e. The van der Waals surface area contributed by atoms with Gasteiger partial charge in [-0.15, -0.1) is 0 Å². The van der Waals surface area contributed by atoms with Gasteiger partial charge >= 0.3 is 12.1 Å². The third-order valence-corrected chi connectivity index (χ3v) is 2.84. The SMILES string of the molecule is CNC(c1cc(OC)c(OC)cc1F)C(F)(F)C(F)(F)F. The molecule has 21 heavy (non-hydrogen) atoms. The molecule has 0 saturated heterocycles. The minimum atomic E-state index is -5.83. The lowest BCUT2D eigenvalue weighted by molar-refractivity contribution is -0.294. The van der Waals surface area contributed by atoms with Crippen LogP contribution in [0.1, 0.15) is 11.6 Å². The van der Waals surface area contributed by atoms with E-state index < -0.39 is 29.5 Å². The fourth-order valence-corrected chi connectivity index (χ4v) is 1.79. The molecule has 1 unspecified atom stereocenters. The van der Waals surface area contributed by atoms with E-state index in [-0.39, 0.29) is 11.5 Å². The summed E-state index contributed by atoms with van der Waals surface area (Å²) in [5.74, 6) is -6.71. The molecule has 0 aliphatic rings. The van der Waals surface area contributed by atoms with Crippen molar-refractivity contribution >= 4 is 0 Å². The molecule has 1 aromatic carbocycles. The van der Waals surface area contributed by atoms with Crippen molar-refractivity contribution in [2.75, 3.05) is 21.3 Å². The molecule has 120 valence electrons. The first kappa shape index (κ1) is 17.4. The standard InChI is InChI=1S/C12H13F6NO2/c1-19-10(11(14,15)12(16,17)18)6-4-8(20-2)9(21-3)5-7(6)13/h4-5,10,19H,1-3H3. The molecule has 0 amide bonds. The Kier molecular flexibility index (Phi) is 4.98. The van der Waals surface area contributed by atoms with Gasteiger partial charge in [0.1, 0.15) is 11.9 Å². The van der Waals surface area contributed by atoms with E-state index in [4.69, 9.17) is 9.47 Å². The van der Waals surface area contributed by atoms with Gasteiger partial charge in [0.05, 0.1) is 14.2 Å². The first-order valence-electron chi connectivity index (χ1n) is 5.63. The maximum Gasteiger partial charge on any atom is 0.455 e. The molecule has 0 aromatic heterocycles. The molecular formula is C12H13F6NO2. The molecule has 0 aliphatic heterocycles. The monoisotopic (exact) mass is 317 g/mol. The Morgan fingerprint density at radius 1 is 1.00 bits per heavy atom. The van der Waals surface area contributed by atoms with E-state index >= 15 is 0 Å². The highest BCUT2D eigenvalue weighted by molar-refractivity contribution is 5.45. The van der Waals surface area contributed by atoms with E-state index in [1.54, 1.807) is 5.32 Å². The third kappa shape index (κ3) is 3.17. The molecule has 1 atom stereocenters. The van der Waals surface area contributed by atoms with Crippen molar-refractivity contribution in [2.45, 2.75) is 18.1 Å². The Morgan fingerprint density at radius 3 is 1.86 bits per heavy atom. The molecule has 0 radical (unpaired) electrons. The number of ether oxygens (including phenoxy) is 2. The largest absolute Gasteiger partial charge is 0.493 e. The molecule has 1 N–H and O–H groups in total. The van der Waals surface area contributed by atoms with Crippen molar-refractivity contribution in [1.82, 2.24) is 5.32 Å². The van der Waals surface area contributed by atoms with Gasteiger partial charge in [0.25, 0.3) is 0 Å². The number of rotatable bonds is 5. The van der Waals surface area contributed by atoms with Crippen LogP contribution in [-0.4, -0.2) is 33.4 Å². The minimum Gasteiger partial charge on any atom is -0.493 e. The van der Waals surface area contributed by atoms with E-state index in [0.29, 0.717) is 6.07 Å². The average molecular weight is 317 g/mol. The van der Waals surface area contributed by atoms with Crippen LogP contribution in [0, 0.1) is 5.82 Å². The molecule has 0 spiro atoms. The fourth-order valence-electron chi connectivity index (χ4n) is 1.79. The Bertz CT molecular complexity index is 503. The highest BCUT2D eigenvalue weighted by Crippen LogP contribution is 2.46. The van der Waals surface area contributed by atoms with Gasteiger partial charge in [-0.25, -0.2) is 4.39 Å². The summed E-state index contributed by atoms with van der Waals surface area (Å²) in [5.41, 5.74) is -0.877. The highest BCUT2D eigenvalue weighted by atomic mass is 19.4. The van der Waals surface area contributed by atoms with Crippen LogP contribution in [0.2, 0.25) is 0 Å². The summed E-state index contributed by atoms with van der Waals surface area (Å²) < 4.78 is 87.6. The summed E-state index contributed by atoms with van der Waals surface area (Å²) in [6.45, 7) is 0. The Labute approximate surface area is 116 Å². The van der Waals surface area contributed by atoms with Crippen LogP contribution in [0.4, 0.5) is 26.3 Å². The average Bonchev–Trinajstić information content (AvgIpc) is 2.39. The lowest BCUT2D eigenvalue weighted by Gasteiger charge is -2.29. The van der Waals surface area contributed by atoms with Gasteiger partial charge < -0.3 is 14.8 Å². The summed E-state index contributed by atoms with van der Waals surface area (Å²) in [4.78, 5) is 0. The van der Waals surface area contributed by atoms with E-state index in [0.717, 1.165) is 20.2 Å². The molecular weight excluding hydrogens is 304 g/mol. The van der Waals surface area contributed by atoms with Gasteiger partial charge in [-0.1, -0.05) is 0 Å². The minimum absolute atomic E-state index is 0.121. The second kappa shape index (κ2) is 6.00. The zero-order valence-corrected chi connectivity index (χ0v) is 11.3. The quantitative estimate of drug-likeness (QED) is 0.845. The lowest BCUT2D eigenvalue weighted by Crippen LogP contribution is -2.47. The molecule has 1 aromatic rings. The van der Waals surface area contributed by atoms with Crippen LogP contribution in [-0.2, 0) is 0 Å². The van der Waals surface area contributed by atoms with E-state index in [1.807, 2.05) is 0 Å².